The van der Waals surface area contributed by atoms with Crippen LogP contribution in [0.25, 0.3) is 0 Å². The second kappa shape index (κ2) is 5.61. The average molecular weight is 308 g/mol. The molecule has 2 rings (SSSR count). The molecule has 1 aromatic rings. The van der Waals surface area contributed by atoms with Gasteiger partial charge in [0.1, 0.15) is 0 Å². The molecule has 0 atom stereocenters. The number of piperidine rings is 1. The summed E-state index contributed by atoms with van der Waals surface area (Å²) in [4.78, 5) is -0.717. The Kier molecular flexibility index (Phi) is 4.24. The zero-order chi connectivity index (χ0) is 14.8. The maximum Gasteiger partial charge on any atom is 0.501 e. The standard InChI is InChI=1S/C12H15F3N2O2S/c13-12(14,15)20(18,19)11-4-2-1-3-10(11)17-9-5-7-16-8-6-9/h1-4,9,16-17H,5-8H2. The van der Waals surface area contributed by atoms with Crippen molar-refractivity contribution in [1.82, 2.24) is 5.32 Å². The van der Waals surface area contributed by atoms with Crippen molar-refractivity contribution in [1.29, 1.82) is 0 Å². The first kappa shape index (κ1) is 15.1. The third-order valence-corrected chi connectivity index (χ3v) is 4.72. The number of nitrogens with one attached hydrogen (secondary N) is 2. The normalized spacial score (nSPS) is 17.9. The van der Waals surface area contributed by atoms with E-state index in [4.69, 9.17) is 0 Å². The minimum Gasteiger partial charge on any atom is -0.381 e. The molecule has 1 aromatic carbocycles. The molecule has 1 saturated heterocycles. The Morgan fingerprint density at radius 1 is 1.15 bits per heavy atom. The van der Waals surface area contributed by atoms with Crippen molar-refractivity contribution in [2.24, 2.45) is 0 Å². The molecule has 1 aliphatic heterocycles. The highest BCUT2D eigenvalue weighted by molar-refractivity contribution is 7.92. The van der Waals surface area contributed by atoms with Crippen LogP contribution in [0.2, 0.25) is 0 Å². The quantitative estimate of drug-likeness (QED) is 0.898. The van der Waals surface area contributed by atoms with Crippen LogP contribution >= 0.6 is 0 Å². The summed E-state index contributed by atoms with van der Waals surface area (Å²) in [6.07, 6.45) is 1.47. The maximum absolute atomic E-state index is 12.7. The van der Waals surface area contributed by atoms with Crippen LogP contribution < -0.4 is 10.6 Å². The van der Waals surface area contributed by atoms with E-state index >= 15 is 0 Å². The molecular weight excluding hydrogens is 293 g/mol. The van der Waals surface area contributed by atoms with Gasteiger partial charge in [0.15, 0.2) is 0 Å². The highest BCUT2D eigenvalue weighted by Gasteiger charge is 2.48. The highest BCUT2D eigenvalue weighted by Crippen LogP contribution is 2.34. The predicted molar refractivity (Wildman–Crippen MR) is 69.2 cm³/mol. The molecule has 8 heteroatoms. The van der Waals surface area contributed by atoms with Crippen LogP contribution in [0.3, 0.4) is 0 Å². The van der Waals surface area contributed by atoms with E-state index < -0.39 is 20.2 Å². The lowest BCUT2D eigenvalue weighted by molar-refractivity contribution is -0.0435. The van der Waals surface area contributed by atoms with Crippen LogP contribution in [0, 0.1) is 0 Å². The predicted octanol–water partition coefficient (Wildman–Crippen LogP) is 2.14. The van der Waals surface area contributed by atoms with Gasteiger partial charge in [-0.1, -0.05) is 12.1 Å². The molecule has 0 unspecified atom stereocenters. The van der Waals surface area contributed by atoms with E-state index in [1.54, 1.807) is 0 Å². The Balaban J connectivity index is 2.31. The van der Waals surface area contributed by atoms with Crippen molar-refractivity contribution < 1.29 is 21.6 Å². The number of hydrogen-bond acceptors (Lipinski definition) is 4. The monoisotopic (exact) mass is 308 g/mol. The molecule has 4 nitrogen and oxygen atoms in total. The molecule has 1 heterocycles. The number of anilines is 1. The van der Waals surface area contributed by atoms with Gasteiger partial charge in [-0.25, -0.2) is 8.42 Å². The molecular formula is C12H15F3N2O2S. The first-order valence-electron chi connectivity index (χ1n) is 6.20. The largest absolute Gasteiger partial charge is 0.501 e. The average Bonchev–Trinajstić information content (AvgIpc) is 2.39. The van der Waals surface area contributed by atoms with E-state index in [0.717, 1.165) is 32.0 Å². The van der Waals surface area contributed by atoms with E-state index in [1.807, 2.05) is 0 Å². The molecule has 0 spiro atoms. The molecule has 2 N–H and O–H groups in total. The van der Waals surface area contributed by atoms with Gasteiger partial charge in [-0.05, 0) is 38.1 Å². The van der Waals surface area contributed by atoms with E-state index in [2.05, 4.69) is 10.6 Å². The van der Waals surface area contributed by atoms with Gasteiger partial charge in [0, 0.05) is 6.04 Å². The first-order valence-corrected chi connectivity index (χ1v) is 7.68. The van der Waals surface area contributed by atoms with E-state index in [1.165, 1.54) is 18.2 Å². The Labute approximate surface area is 115 Å². The third kappa shape index (κ3) is 3.06. The molecule has 0 amide bonds. The SMILES string of the molecule is O=S(=O)(c1ccccc1NC1CCNCC1)C(F)(F)F. The molecule has 112 valence electrons. The van der Waals surface area contributed by atoms with E-state index in [0.29, 0.717) is 0 Å². The zero-order valence-corrected chi connectivity index (χ0v) is 11.4. The molecule has 1 aliphatic rings. The number of rotatable bonds is 3. The van der Waals surface area contributed by atoms with Crippen LogP contribution in [-0.2, 0) is 9.84 Å². The molecule has 0 aliphatic carbocycles. The lowest BCUT2D eigenvalue weighted by atomic mass is 10.1. The summed E-state index contributed by atoms with van der Waals surface area (Å²) in [6.45, 7) is 1.51. The third-order valence-electron chi connectivity index (χ3n) is 3.18. The van der Waals surface area contributed by atoms with Crippen molar-refractivity contribution in [3.05, 3.63) is 24.3 Å². The summed E-state index contributed by atoms with van der Waals surface area (Å²) in [5.74, 6) is 0. The van der Waals surface area contributed by atoms with Crippen molar-refractivity contribution in [3.8, 4) is 0 Å². The lowest BCUT2D eigenvalue weighted by Crippen LogP contribution is -2.36. The lowest BCUT2D eigenvalue weighted by Gasteiger charge is -2.25. The number of halogens is 3. The Bertz CT molecular complexity index is 566. The van der Waals surface area contributed by atoms with Crippen molar-refractivity contribution in [2.75, 3.05) is 18.4 Å². The minimum atomic E-state index is -5.34. The van der Waals surface area contributed by atoms with Crippen molar-refractivity contribution in [2.45, 2.75) is 29.3 Å². The summed E-state index contributed by atoms with van der Waals surface area (Å²) in [6, 6.07) is 5.11. The van der Waals surface area contributed by atoms with Gasteiger partial charge in [0.2, 0.25) is 0 Å². The number of para-hydroxylation sites is 1. The zero-order valence-electron chi connectivity index (χ0n) is 10.6. The minimum absolute atomic E-state index is 0.0109. The fourth-order valence-corrected chi connectivity index (χ4v) is 3.05. The van der Waals surface area contributed by atoms with Crippen LogP contribution in [0.15, 0.2) is 29.2 Å². The summed E-state index contributed by atoms with van der Waals surface area (Å²) in [7, 11) is -5.34. The van der Waals surface area contributed by atoms with Crippen LogP contribution in [0.4, 0.5) is 18.9 Å². The maximum atomic E-state index is 12.7. The summed E-state index contributed by atoms with van der Waals surface area (Å²) < 4.78 is 61.0. The molecule has 0 saturated carbocycles. The second-order valence-corrected chi connectivity index (χ2v) is 6.52. The summed E-state index contributed by atoms with van der Waals surface area (Å²) in [5, 5.41) is 6.04. The molecule has 20 heavy (non-hydrogen) atoms. The van der Waals surface area contributed by atoms with Crippen LogP contribution in [0.1, 0.15) is 12.8 Å². The van der Waals surface area contributed by atoms with Gasteiger partial charge >= 0.3 is 5.51 Å². The highest BCUT2D eigenvalue weighted by atomic mass is 32.2. The van der Waals surface area contributed by atoms with Gasteiger partial charge in [0.05, 0.1) is 10.6 Å². The Morgan fingerprint density at radius 2 is 1.75 bits per heavy atom. The van der Waals surface area contributed by atoms with Gasteiger partial charge in [-0.15, -0.1) is 0 Å². The van der Waals surface area contributed by atoms with Crippen LogP contribution in [-0.4, -0.2) is 33.1 Å². The van der Waals surface area contributed by atoms with E-state index in [-0.39, 0.29) is 11.7 Å². The molecule has 1 fully saturated rings. The van der Waals surface area contributed by atoms with E-state index in [9.17, 15) is 21.6 Å². The Hall–Kier alpha value is -1.28. The van der Waals surface area contributed by atoms with Crippen LogP contribution in [0.5, 0.6) is 0 Å². The number of alkyl halides is 3. The number of hydrogen-bond donors (Lipinski definition) is 2. The van der Waals surface area contributed by atoms with Crippen molar-refractivity contribution >= 4 is 15.5 Å². The fraction of sp³-hybridized carbons (Fsp3) is 0.500. The van der Waals surface area contributed by atoms with Gasteiger partial charge < -0.3 is 10.6 Å². The number of benzene rings is 1. The molecule has 0 bridgehead atoms. The molecule has 0 aromatic heterocycles. The van der Waals surface area contributed by atoms with Crippen molar-refractivity contribution in [3.63, 3.8) is 0 Å². The van der Waals surface area contributed by atoms with Gasteiger partial charge in [-0.2, -0.15) is 13.2 Å². The summed E-state index contributed by atoms with van der Waals surface area (Å²) in [5.41, 5.74) is -5.28. The number of sulfone groups is 1. The fourth-order valence-electron chi connectivity index (χ4n) is 2.13. The van der Waals surface area contributed by atoms with Gasteiger partial charge in [-0.3, -0.25) is 0 Å². The smallest absolute Gasteiger partial charge is 0.381 e. The summed E-state index contributed by atoms with van der Waals surface area (Å²) >= 11 is 0. The molecule has 0 radical (unpaired) electrons. The van der Waals surface area contributed by atoms with Gasteiger partial charge in [0.25, 0.3) is 9.84 Å². The first-order chi connectivity index (χ1) is 9.32. The topological polar surface area (TPSA) is 58.2 Å². The Morgan fingerprint density at radius 3 is 2.35 bits per heavy atom. The second-order valence-electron chi connectivity index (χ2n) is 4.61.